The molecule has 0 spiro atoms. The lowest BCUT2D eigenvalue weighted by Crippen LogP contribution is -2.27. The molecule has 0 saturated heterocycles. The first-order valence-electron chi connectivity index (χ1n) is 8.22. The summed E-state index contributed by atoms with van der Waals surface area (Å²) in [6.07, 6.45) is 1.78. The molecule has 3 heteroatoms. The van der Waals surface area contributed by atoms with Gasteiger partial charge in [0.15, 0.2) is 0 Å². The molecule has 0 amide bonds. The molecule has 0 bridgehead atoms. The van der Waals surface area contributed by atoms with Crippen molar-refractivity contribution >= 4 is 15.8 Å². The topological polar surface area (TPSA) is 23.5 Å². The van der Waals surface area contributed by atoms with Gasteiger partial charge in [0.2, 0.25) is 0 Å². The zero-order chi connectivity index (χ0) is 17.2. The standard InChI is InChI=1S/C21H25NOS/c1-17(23)21(19-12-8-5-9-13-19)24(22(2)3)15-14-20(16-24)18-10-6-4-7-11-18/h4-17,21,23H,1-3H3. The predicted molar refractivity (Wildman–Crippen MR) is 106 cm³/mol. The Labute approximate surface area is 146 Å². The van der Waals surface area contributed by atoms with E-state index >= 15 is 0 Å². The summed E-state index contributed by atoms with van der Waals surface area (Å²) in [6, 6.07) is 20.8. The van der Waals surface area contributed by atoms with Crippen molar-refractivity contribution in [2.75, 3.05) is 14.1 Å². The molecule has 0 fully saturated rings. The first-order valence-corrected chi connectivity index (χ1v) is 10.0. The second kappa shape index (κ2) is 6.98. The summed E-state index contributed by atoms with van der Waals surface area (Å²) < 4.78 is 2.28. The van der Waals surface area contributed by atoms with Crippen molar-refractivity contribution in [3.63, 3.8) is 0 Å². The lowest BCUT2D eigenvalue weighted by Gasteiger charge is -2.47. The quantitative estimate of drug-likeness (QED) is 0.832. The average molecular weight is 340 g/mol. The Kier molecular flexibility index (Phi) is 4.95. The van der Waals surface area contributed by atoms with E-state index in [9.17, 15) is 5.11 Å². The van der Waals surface area contributed by atoms with Crippen LogP contribution < -0.4 is 0 Å². The van der Waals surface area contributed by atoms with Crippen LogP contribution in [-0.2, 0) is 0 Å². The van der Waals surface area contributed by atoms with Gasteiger partial charge in [0, 0.05) is 0 Å². The second-order valence-corrected chi connectivity index (χ2v) is 9.55. The average Bonchev–Trinajstić information content (AvgIpc) is 3.03. The molecule has 0 radical (unpaired) electrons. The van der Waals surface area contributed by atoms with Gasteiger partial charge in [-0.2, -0.15) is 0 Å². The van der Waals surface area contributed by atoms with Gasteiger partial charge in [-0.15, -0.1) is 10.2 Å². The summed E-state index contributed by atoms with van der Waals surface area (Å²) in [5.41, 5.74) is 3.65. The Balaban J connectivity index is 2.10. The highest BCUT2D eigenvalue weighted by Crippen LogP contribution is 2.68. The minimum atomic E-state index is -1.43. The van der Waals surface area contributed by atoms with Gasteiger partial charge in [0.05, 0.1) is 11.4 Å². The smallest absolute Gasteiger partial charge is 0.0674 e. The van der Waals surface area contributed by atoms with Gasteiger partial charge in [-0.25, -0.2) is 0 Å². The first-order chi connectivity index (χ1) is 11.5. The molecule has 3 rings (SSSR count). The maximum Gasteiger partial charge on any atom is 0.0674 e. The number of hydrogen-bond donors (Lipinski definition) is 1. The van der Waals surface area contributed by atoms with E-state index in [1.165, 1.54) is 16.7 Å². The van der Waals surface area contributed by atoms with Gasteiger partial charge in [-0.05, 0) is 54.6 Å². The van der Waals surface area contributed by atoms with Crippen LogP contribution in [0.1, 0.15) is 23.3 Å². The van der Waals surface area contributed by atoms with Crippen LogP contribution in [0.4, 0.5) is 0 Å². The maximum absolute atomic E-state index is 10.6. The fourth-order valence-electron chi connectivity index (χ4n) is 3.33. The number of allylic oxidation sites excluding steroid dienone is 2. The molecule has 2 aromatic rings. The normalized spacial score (nSPS) is 25.1. The van der Waals surface area contributed by atoms with Crippen LogP contribution in [-0.4, -0.2) is 29.6 Å². The summed E-state index contributed by atoms with van der Waals surface area (Å²) in [4.78, 5) is 0. The lowest BCUT2D eigenvalue weighted by molar-refractivity contribution is 0.190. The van der Waals surface area contributed by atoms with Crippen molar-refractivity contribution < 1.29 is 5.11 Å². The number of nitrogens with zero attached hydrogens (tertiary/aromatic N) is 1. The van der Waals surface area contributed by atoms with E-state index in [2.05, 4.69) is 71.7 Å². The van der Waals surface area contributed by atoms with Crippen molar-refractivity contribution in [2.24, 2.45) is 0 Å². The molecule has 24 heavy (non-hydrogen) atoms. The molecule has 3 unspecified atom stereocenters. The van der Waals surface area contributed by atoms with Crippen LogP contribution >= 0.6 is 10.2 Å². The summed E-state index contributed by atoms with van der Waals surface area (Å²) in [5, 5.41) is 15.3. The first kappa shape index (κ1) is 17.0. The molecule has 0 aromatic heterocycles. The zero-order valence-corrected chi connectivity index (χ0v) is 15.3. The van der Waals surface area contributed by atoms with E-state index < -0.39 is 16.3 Å². The van der Waals surface area contributed by atoms with Gasteiger partial charge in [-0.1, -0.05) is 60.7 Å². The third-order valence-corrected chi connectivity index (χ3v) is 8.44. The van der Waals surface area contributed by atoms with Gasteiger partial charge in [-0.3, -0.25) is 4.31 Å². The molecule has 2 nitrogen and oxygen atoms in total. The molecule has 3 atom stereocenters. The van der Waals surface area contributed by atoms with E-state index in [0.717, 1.165) is 0 Å². The lowest BCUT2D eigenvalue weighted by atomic mass is 10.1. The predicted octanol–water partition coefficient (Wildman–Crippen LogP) is 4.96. The highest BCUT2D eigenvalue weighted by molar-refractivity contribution is 8.37. The van der Waals surface area contributed by atoms with Gasteiger partial charge in [0.25, 0.3) is 0 Å². The number of aliphatic hydroxyl groups excluding tert-OH is 1. The van der Waals surface area contributed by atoms with Crippen LogP contribution in [0.3, 0.4) is 0 Å². The number of benzene rings is 2. The molecule has 126 valence electrons. The Morgan fingerprint density at radius 1 is 0.917 bits per heavy atom. The van der Waals surface area contributed by atoms with Crippen LogP contribution in [0.25, 0.3) is 5.57 Å². The van der Waals surface area contributed by atoms with Gasteiger partial charge < -0.3 is 5.11 Å². The fourth-order valence-corrected chi connectivity index (χ4v) is 6.84. The summed E-state index contributed by atoms with van der Waals surface area (Å²) in [6.45, 7) is 1.90. The minimum Gasteiger partial charge on any atom is -0.392 e. The number of aliphatic hydroxyl groups is 1. The van der Waals surface area contributed by atoms with Crippen LogP contribution in [0.15, 0.2) is 77.6 Å². The van der Waals surface area contributed by atoms with Gasteiger partial charge in [0.1, 0.15) is 0 Å². The maximum atomic E-state index is 10.6. The summed E-state index contributed by atoms with van der Waals surface area (Å²) in [5.74, 6) is 0. The third-order valence-electron chi connectivity index (χ3n) is 4.49. The second-order valence-electron chi connectivity index (χ2n) is 6.35. The molecule has 1 N–H and O–H groups in total. The highest BCUT2D eigenvalue weighted by Gasteiger charge is 2.38. The Morgan fingerprint density at radius 2 is 1.50 bits per heavy atom. The SMILES string of the molecule is CC(O)C(c1ccccc1)S1(N(C)C)C=CC(c2ccccc2)=C1. The molecule has 1 aliphatic heterocycles. The Hall–Kier alpha value is -1.81. The third kappa shape index (κ3) is 3.07. The highest BCUT2D eigenvalue weighted by atomic mass is 32.3. The van der Waals surface area contributed by atoms with Crippen LogP contribution in [0, 0.1) is 0 Å². The van der Waals surface area contributed by atoms with E-state index in [0.29, 0.717) is 0 Å². The molecule has 1 heterocycles. The fraction of sp³-hybridized carbons (Fsp3) is 0.238. The monoisotopic (exact) mass is 339 g/mol. The summed E-state index contributed by atoms with van der Waals surface area (Å²) >= 11 is 0. The summed E-state index contributed by atoms with van der Waals surface area (Å²) in [7, 11) is 2.80. The number of rotatable bonds is 5. The molecule has 0 saturated carbocycles. The number of hydrogen-bond acceptors (Lipinski definition) is 2. The Bertz CT molecular complexity index is 737. The molecule has 2 aromatic carbocycles. The van der Waals surface area contributed by atoms with Crippen LogP contribution in [0.5, 0.6) is 0 Å². The zero-order valence-electron chi connectivity index (χ0n) is 14.5. The van der Waals surface area contributed by atoms with E-state index in [1.807, 2.05) is 31.2 Å². The van der Waals surface area contributed by atoms with E-state index in [4.69, 9.17) is 0 Å². The molecular formula is C21H25NOS. The van der Waals surface area contributed by atoms with Crippen molar-refractivity contribution in [1.29, 1.82) is 0 Å². The Morgan fingerprint density at radius 3 is 2.04 bits per heavy atom. The van der Waals surface area contributed by atoms with Crippen LogP contribution in [0.2, 0.25) is 0 Å². The van der Waals surface area contributed by atoms with Gasteiger partial charge >= 0.3 is 0 Å². The van der Waals surface area contributed by atoms with E-state index in [-0.39, 0.29) is 5.25 Å². The molecular weight excluding hydrogens is 314 g/mol. The van der Waals surface area contributed by atoms with Crippen molar-refractivity contribution in [3.05, 3.63) is 88.7 Å². The van der Waals surface area contributed by atoms with Crippen molar-refractivity contribution in [1.82, 2.24) is 4.31 Å². The van der Waals surface area contributed by atoms with Crippen molar-refractivity contribution in [3.8, 4) is 0 Å². The molecule has 0 aliphatic carbocycles. The largest absolute Gasteiger partial charge is 0.392 e. The van der Waals surface area contributed by atoms with Crippen molar-refractivity contribution in [2.45, 2.75) is 18.3 Å². The molecule has 1 aliphatic rings. The minimum absolute atomic E-state index is 0.0474. The van der Waals surface area contributed by atoms with E-state index in [1.54, 1.807) is 0 Å².